The molecule has 3 atom stereocenters. The van der Waals surface area contributed by atoms with Crippen molar-refractivity contribution in [3.05, 3.63) is 11.6 Å². The first-order chi connectivity index (χ1) is 8.88. The molecule has 18 heavy (non-hydrogen) atoms. The van der Waals surface area contributed by atoms with Crippen molar-refractivity contribution in [1.82, 2.24) is 0 Å². The third kappa shape index (κ3) is 2.83. The summed E-state index contributed by atoms with van der Waals surface area (Å²) in [6.07, 6.45) is 19.1. The second-order valence-corrected chi connectivity index (χ2v) is 7.09. The molecule has 2 bridgehead atoms. The quantitative estimate of drug-likeness (QED) is 0.429. The third-order valence-corrected chi connectivity index (χ3v) is 5.70. The van der Waals surface area contributed by atoms with E-state index in [1.165, 1.54) is 51.4 Å². The predicted molar refractivity (Wildman–Crippen MR) is 78.5 cm³/mol. The van der Waals surface area contributed by atoms with Crippen molar-refractivity contribution in [2.45, 2.75) is 77.6 Å². The summed E-state index contributed by atoms with van der Waals surface area (Å²) in [5.41, 5.74) is 1.82. The van der Waals surface area contributed by atoms with Gasteiger partial charge in [-0.05, 0) is 68.6 Å². The summed E-state index contributed by atoms with van der Waals surface area (Å²) in [6, 6.07) is 0. The SMILES string of the molecule is CCCCC[C@@H]1CCCC2=CC(CC2)C1C1CC1. The second-order valence-electron chi connectivity index (χ2n) is 7.09. The van der Waals surface area contributed by atoms with E-state index in [0.29, 0.717) is 0 Å². The highest BCUT2D eigenvalue weighted by atomic mass is 14.5. The van der Waals surface area contributed by atoms with Crippen molar-refractivity contribution in [2.24, 2.45) is 23.7 Å². The number of hydrogen-bond acceptors (Lipinski definition) is 0. The average molecular weight is 246 g/mol. The van der Waals surface area contributed by atoms with Gasteiger partial charge in [-0.3, -0.25) is 0 Å². The Morgan fingerprint density at radius 1 is 1.06 bits per heavy atom. The van der Waals surface area contributed by atoms with Gasteiger partial charge in [-0.2, -0.15) is 0 Å². The average Bonchev–Trinajstić information content (AvgIpc) is 3.05. The highest BCUT2D eigenvalue weighted by molar-refractivity contribution is 5.15. The fourth-order valence-corrected chi connectivity index (χ4v) is 4.68. The van der Waals surface area contributed by atoms with Crippen LogP contribution in [0.2, 0.25) is 0 Å². The minimum absolute atomic E-state index is 0.986. The van der Waals surface area contributed by atoms with Crippen molar-refractivity contribution < 1.29 is 0 Å². The third-order valence-electron chi connectivity index (χ3n) is 5.70. The van der Waals surface area contributed by atoms with Crippen LogP contribution in [0, 0.1) is 23.7 Å². The van der Waals surface area contributed by atoms with Crippen molar-refractivity contribution in [3.63, 3.8) is 0 Å². The Balaban J connectivity index is 1.67. The number of unbranched alkanes of at least 4 members (excludes halogenated alkanes) is 2. The molecule has 1 saturated carbocycles. The van der Waals surface area contributed by atoms with Crippen LogP contribution in [-0.2, 0) is 0 Å². The number of hydrogen-bond donors (Lipinski definition) is 0. The molecular weight excluding hydrogens is 216 g/mol. The molecule has 2 unspecified atom stereocenters. The van der Waals surface area contributed by atoms with Crippen LogP contribution in [0.4, 0.5) is 0 Å². The topological polar surface area (TPSA) is 0 Å². The molecule has 3 aliphatic carbocycles. The lowest BCUT2D eigenvalue weighted by Crippen LogP contribution is -2.24. The first kappa shape index (κ1) is 12.8. The zero-order chi connectivity index (χ0) is 12.4. The van der Waals surface area contributed by atoms with E-state index < -0.39 is 0 Å². The van der Waals surface area contributed by atoms with E-state index in [1.807, 2.05) is 5.57 Å². The Kier molecular flexibility index (Phi) is 4.11. The van der Waals surface area contributed by atoms with Gasteiger partial charge in [-0.1, -0.05) is 44.3 Å². The van der Waals surface area contributed by atoms with E-state index in [2.05, 4.69) is 13.0 Å². The lowest BCUT2D eigenvalue weighted by atomic mass is 9.73. The smallest absolute Gasteiger partial charge is 0.0194 e. The lowest BCUT2D eigenvalue weighted by Gasteiger charge is -2.32. The molecule has 0 spiro atoms. The van der Waals surface area contributed by atoms with Gasteiger partial charge in [0.2, 0.25) is 0 Å². The molecule has 0 aromatic rings. The number of fused-ring (bicyclic) bond motifs is 1. The van der Waals surface area contributed by atoms with Crippen molar-refractivity contribution in [2.75, 3.05) is 0 Å². The van der Waals surface area contributed by atoms with Gasteiger partial charge in [0.1, 0.15) is 0 Å². The fourth-order valence-electron chi connectivity index (χ4n) is 4.68. The highest BCUT2D eigenvalue weighted by Gasteiger charge is 2.41. The summed E-state index contributed by atoms with van der Waals surface area (Å²) >= 11 is 0. The van der Waals surface area contributed by atoms with Gasteiger partial charge < -0.3 is 0 Å². The van der Waals surface area contributed by atoms with Gasteiger partial charge in [0, 0.05) is 0 Å². The molecule has 0 radical (unpaired) electrons. The van der Waals surface area contributed by atoms with E-state index in [-0.39, 0.29) is 0 Å². The molecule has 1 fully saturated rings. The van der Waals surface area contributed by atoms with Crippen LogP contribution < -0.4 is 0 Å². The van der Waals surface area contributed by atoms with Gasteiger partial charge >= 0.3 is 0 Å². The zero-order valence-corrected chi connectivity index (χ0v) is 12.2. The molecular formula is C18H30. The second kappa shape index (κ2) is 5.80. The lowest BCUT2D eigenvalue weighted by molar-refractivity contribution is 0.195. The molecule has 0 N–H and O–H groups in total. The Bertz CT molecular complexity index is 297. The first-order valence-electron chi connectivity index (χ1n) is 8.58. The van der Waals surface area contributed by atoms with E-state index in [0.717, 1.165) is 23.7 Å². The van der Waals surface area contributed by atoms with Crippen LogP contribution in [0.1, 0.15) is 77.6 Å². The minimum atomic E-state index is 0.986. The normalized spacial score (nSPS) is 36.1. The summed E-state index contributed by atoms with van der Waals surface area (Å²) in [7, 11) is 0. The van der Waals surface area contributed by atoms with Gasteiger partial charge in [0.25, 0.3) is 0 Å². The molecule has 0 saturated heterocycles. The Labute approximate surface area is 113 Å². The molecule has 3 rings (SSSR count). The summed E-state index contributed by atoms with van der Waals surface area (Å²) < 4.78 is 0. The van der Waals surface area contributed by atoms with Crippen LogP contribution in [0.5, 0.6) is 0 Å². The largest absolute Gasteiger partial charge is 0.0819 e. The molecule has 3 aliphatic rings. The maximum atomic E-state index is 2.72. The Morgan fingerprint density at radius 3 is 2.72 bits per heavy atom. The Morgan fingerprint density at radius 2 is 1.94 bits per heavy atom. The molecule has 0 aromatic heterocycles. The maximum absolute atomic E-state index is 2.72. The van der Waals surface area contributed by atoms with Crippen molar-refractivity contribution >= 4 is 0 Å². The fraction of sp³-hybridized carbons (Fsp3) is 0.889. The zero-order valence-electron chi connectivity index (χ0n) is 12.2. The molecule has 0 heteroatoms. The van der Waals surface area contributed by atoms with Crippen molar-refractivity contribution in [1.29, 1.82) is 0 Å². The summed E-state index contributed by atoms with van der Waals surface area (Å²) in [6.45, 7) is 2.34. The van der Waals surface area contributed by atoms with Crippen LogP contribution in [0.3, 0.4) is 0 Å². The summed E-state index contributed by atoms with van der Waals surface area (Å²) in [5.74, 6) is 4.26. The van der Waals surface area contributed by atoms with Gasteiger partial charge in [0.15, 0.2) is 0 Å². The standard InChI is InChI=1S/C18H30/c1-2-3-4-7-15-8-5-6-14-9-10-17(13-14)18(15)16-11-12-16/h13,15-18H,2-12H2,1H3/t15-,17?,18?/m1/s1. The highest BCUT2D eigenvalue weighted by Crippen LogP contribution is 2.52. The monoisotopic (exact) mass is 246 g/mol. The minimum Gasteiger partial charge on any atom is -0.0819 e. The molecule has 0 nitrogen and oxygen atoms in total. The maximum Gasteiger partial charge on any atom is -0.0194 e. The molecule has 102 valence electrons. The molecule has 0 aromatic carbocycles. The van der Waals surface area contributed by atoms with Crippen molar-refractivity contribution in [3.8, 4) is 0 Å². The molecule has 0 heterocycles. The van der Waals surface area contributed by atoms with Crippen LogP contribution in [0.25, 0.3) is 0 Å². The predicted octanol–water partition coefficient (Wildman–Crippen LogP) is 5.73. The molecule has 0 aliphatic heterocycles. The summed E-state index contributed by atoms with van der Waals surface area (Å²) in [4.78, 5) is 0. The van der Waals surface area contributed by atoms with Gasteiger partial charge in [0.05, 0.1) is 0 Å². The molecule has 0 amide bonds. The number of allylic oxidation sites excluding steroid dienone is 2. The van der Waals surface area contributed by atoms with Crippen LogP contribution in [-0.4, -0.2) is 0 Å². The first-order valence-corrected chi connectivity index (χ1v) is 8.58. The van der Waals surface area contributed by atoms with E-state index >= 15 is 0 Å². The number of rotatable bonds is 5. The van der Waals surface area contributed by atoms with E-state index in [4.69, 9.17) is 0 Å². The Hall–Kier alpha value is -0.260. The van der Waals surface area contributed by atoms with Crippen LogP contribution >= 0.6 is 0 Å². The van der Waals surface area contributed by atoms with E-state index in [1.54, 1.807) is 19.3 Å². The summed E-state index contributed by atoms with van der Waals surface area (Å²) in [5, 5.41) is 0. The van der Waals surface area contributed by atoms with E-state index in [9.17, 15) is 0 Å². The van der Waals surface area contributed by atoms with Gasteiger partial charge in [-0.25, -0.2) is 0 Å². The van der Waals surface area contributed by atoms with Crippen LogP contribution in [0.15, 0.2) is 11.6 Å². The van der Waals surface area contributed by atoms with Gasteiger partial charge in [-0.15, -0.1) is 0 Å².